The highest BCUT2D eigenvalue weighted by Gasteiger charge is 2.20. The minimum atomic E-state index is 0.910. The Morgan fingerprint density at radius 3 is 1.48 bits per heavy atom. The Kier molecular flexibility index (Phi) is 7.91. The van der Waals surface area contributed by atoms with Crippen LogP contribution in [-0.2, 0) is 0 Å². The quantitative estimate of drug-likeness (QED) is 0.162. The summed E-state index contributed by atoms with van der Waals surface area (Å²) in [4.78, 5) is 10.9. The van der Waals surface area contributed by atoms with E-state index in [1.54, 1.807) is 0 Å². The molecule has 0 saturated carbocycles. The average molecular weight is 800 g/mol. The van der Waals surface area contributed by atoms with Crippen LogP contribution in [-0.4, -0.2) is 14.5 Å². The van der Waals surface area contributed by atoms with E-state index >= 15 is 0 Å². The van der Waals surface area contributed by atoms with Gasteiger partial charge in [0.15, 0.2) is 0 Å². The van der Waals surface area contributed by atoms with E-state index in [4.69, 9.17) is 9.97 Å². The van der Waals surface area contributed by atoms with Crippen LogP contribution in [0.5, 0.6) is 0 Å². The van der Waals surface area contributed by atoms with Gasteiger partial charge in [0.1, 0.15) is 5.82 Å². The highest BCUT2D eigenvalue weighted by molar-refractivity contribution is 6.22. The smallest absolute Gasteiger partial charge is 0.145 e. The van der Waals surface area contributed by atoms with Crippen LogP contribution in [0, 0.1) is 0 Å². The number of hydrogen-bond donors (Lipinski definition) is 0. The van der Waals surface area contributed by atoms with Gasteiger partial charge in [-0.3, -0.25) is 4.57 Å². The van der Waals surface area contributed by atoms with Crippen molar-refractivity contribution in [2.24, 2.45) is 0 Å². The predicted molar refractivity (Wildman–Crippen MR) is 266 cm³/mol. The molecular formula is C60H37N3. The average Bonchev–Trinajstić information content (AvgIpc) is 3.75. The van der Waals surface area contributed by atoms with Crippen molar-refractivity contribution in [2.45, 2.75) is 0 Å². The summed E-state index contributed by atoms with van der Waals surface area (Å²) in [7, 11) is 0. The first-order valence-electron chi connectivity index (χ1n) is 21.6. The molecule has 0 N–H and O–H groups in total. The van der Waals surface area contributed by atoms with Crippen LogP contribution < -0.4 is 0 Å². The minimum absolute atomic E-state index is 0.910. The van der Waals surface area contributed by atoms with Gasteiger partial charge < -0.3 is 0 Å². The van der Waals surface area contributed by atoms with Crippen LogP contribution in [0.15, 0.2) is 224 Å². The summed E-state index contributed by atoms with van der Waals surface area (Å²) in [5.74, 6) is 0.910. The summed E-state index contributed by atoms with van der Waals surface area (Å²) in [6, 6.07) is 81.1. The second kappa shape index (κ2) is 14.1. The van der Waals surface area contributed by atoms with E-state index in [1.807, 2.05) is 0 Å². The molecule has 0 radical (unpaired) electrons. The minimum Gasteiger partial charge on any atom is -0.292 e. The third-order valence-electron chi connectivity index (χ3n) is 13.0. The zero-order chi connectivity index (χ0) is 41.4. The van der Waals surface area contributed by atoms with Crippen molar-refractivity contribution in [1.29, 1.82) is 0 Å². The molecule has 0 amide bonds. The van der Waals surface area contributed by atoms with Gasteiger partial charge in [0.05, 0.1) is 22.2 Å². The maximum Gasteiger partial charge on any atom is 0.145 e. The molecular weight excluding hydrogens is 763 g/mol. The van der Waals surface area contributed by atoms with Gasteiger partial charge in [-0.1, -0.05) is 176 Å². The monoisotopic (exact) mass is 799 g/mol. The molecule has 292 valence electrons. The van der Waals surface area contributed by atoms with Crippen molar-refractivity contribution in [3.05, 3.63) is 224 Å². The molecule has 0 unspecified atom stereocenters. The lowest BCUT2D eigenvalue weighted by atomic mass is 9.87. The second-order valence-corrected chi connectivity index (χ2v) is 16.5. The fourth-order valence-electron chi connectivity index (χ4n) is 10.1. The van der Waals surface area contributed by atoms with Gasteiger partial charge in [-0.2, -0.15) is 0 Å². The summed E-state index contributed by atoms with van der Waals surface area (Å²) in [5.41, 5.74) is 11.9. The van der Waals surface area contributed by atoms with Crippen LogP contribution >= 0.6 is 0 Å². The van der Waals surface area contributed by atoms with Crippen LogP contribution in [0.2, 0.25) is 0 Å². The first-order valence-corrected chi connectivity index (χ1v) is 21.6. The highest BCUT2D eigenvalue weighted by Crippen LogP contribution is 2.45. The molecule has 13 aromatic rings. The third-order valence-corrected chi connectivity index (χ3v) is 13.0. The Bertz CT molecular complexity index is 3960. The van der Waals surface area contributed by atoms with Crippen molar-refractivity contribution < 1.29 is 0 Å². The molecule has 0 aliphatic heterocycles. The Morgan fingerprint density at radius 1 is 0.302 bits per heavy atom. The van der Waals surface area contributed by atoms with Crippen molar-refractivity contribution in [3.63, 3.8) is 0 Å². The number of benzene rings is 11. The Morgan fingerprint density at radius 2 is 0.794 bits per heavy atom. The lowest BCUT2D eigenvalue weighted by Crippen LogP contribution is -1.97. The number of imidazole rings is 1. The number of nitrogens with zero attached hydrogens (tertiary/aromatic N) is 3. The zero-order valence-corrected chi connectivity index (χ0v) is 34.2. The van der Waals surface area contributed by atoms with E-state index in [9.17, 15) is 0 Å². The SMILES string of the molecule is c1ccc(-n2c(-c3ccc(-c4cc(-c5cc6ccccc6c6ccccc56)nc5c4cc(-c4cc6ccccc6c6ccccc46)c4ccccc45)cc3)nc3ccccc32)cc1. The van der Waals surface area contributed by atoms with Gasteiger partial charge >= 0.3 is 0 Å². The lowest BCUT2D eigenvalue weighted by molar-refractivity contribution is 1.10. The molecule has 0 spiro atoms. The van der Waals surface area contributed by atoms with Crippen molar-refractivity contribution in [2.75, 3.05) is 0 Å². The van der Waals surface area contributed by atoms with E-state index in [2.05, 4.69) is 229 Å². The van der Waals surface area contributed by atoms with Gasteiger partial charge in [0.2, 0.25) is 0 Å². The molecule has 63 heavy (non-hydrogen) atoms. The number of hydrogen-bond acceptors (Lipinski definition) is 2. The van der Waals surface area contributed by atoms with E-state index in [1.165, 1.54) is 59.6 Å². The summed E-state index contributed by atoms with van der Waals surface area (Å²) in [5, 5.41) is 13.3. The fourth-order valence-corrected chi connectivity index (χ4v) is 10.1. The molecule has 0 atom stereocenters. The van der Waals surface area contributed by atoms with E-state index < -0.39 is 0 Å². The maximum absolute atomic E-state index is 5.69. The number of aromatic nitrogens is 3. The van der Waals surface area contributed by atoms with Gasteiger partial charge in [-0.05, 0) is 119 Å². The second-order valence-electron chi connectivity index (χ2n) is 16.5. The maximum atomic E-state index is 5.69. The van der Waals surface area contributed by atoms with Crippen LogP contribution in [0.3, 0.4) is 0 Å². The van der Waals surface area contributed by atoms with Gasteiger partial charge in [-0.15, -0.1) is 0 Å². The molecule has 3 heteroatoms. The fraction of sp³-hybridized carbons (Fsp3) is 0. The van der Waals surface area contributed by atoms with E-state index in [-0.39, 0.29) is 0 Å². The molecule has 13 rings (SSSR count). The first-order chi connectivity index (χ1) is 31.2. The normalized spacial score (nSPS) is 11.8. The van der Waals surface area contributed by atoms with Crippen molar-refractivity contribution >= 4 is 75.8 Å². The predicted octanol–water partition coefficient (Wildman–Crippen LogP) is 16.0. The van der Waals surface area contributed by atoms with Gasteiger partial charge in [0, 0.05) is 27.6 Å². The summed E-state index contributed by atoms with van der Waals surface area (Å²) >= 11 is 0. The summed E-state index contributed by atoms with van der Waals surface area (Å²) in [6.07, 6.45) is 0. The summed E-state index contributed by atoms with van der Waals surface area (Å²) < 4.78 is 2.27. The van der Waals surface area contributed by atoms with Crippen LogP contribution in [0.25, 0.3) is 126 Å². The largest absolute Gasteiger partial charge is 0.292 e. The van der Waals surface area contributed by atoms with Gasteiger partial charge in [-0.25, -0.2) is 9.97 Å². The number of fused-ring (bicyclic) bond motifs is 10. The number of rotatable bonds is 5. The van der Waals surface area contributed by atoms with E-state index in [0.29, 0.717) is 0 Å². The molecule has 0 aliphatic rings. The van der Waals surface area contributed by atoms with Crippen LogP contribution in [0.1, 0.15) is 0 Å². The van der Waals surface area contributed by atoms with Crippen molar-refractivity contribution in [3.8, 4) is 50.6 Å². The highest BCUT2D eigenvalue weighted by atomic mass is 15.1. The Labute approximate surface area is 363 Å². The molecule has 0 aliphatic carbocycles. The van der Waals surface area contributed by atoms with Gasteiger partial charge in [0.25, 0.3) is 0 Å². The van der Waals surface area contributed by atoms with Crippen molar-refractivity contribution in [1.82, 2.24) is 14.5 Å². The van der Waals surface area contributed by atoms with E-state index in [0.717, 1.165) is 66.8 Å². The molecule has 3 nitrogen and oxygen atoms in total. The summed E-state index contributed by atoms with van der Waals surface area (Å²) in [6.45, 7) is 0. The van der Waals surface area contributed by atoms with Crippen LogP contribution in [0.4, 0.5) is 0 Å². The standard InChI is InChI=1S/C60H37N3/c1-2-18-42(19-3-1)63-58-29-15-14-28-56(58)62-60(63)39-32-30-38(31-33-39)51-37-57(54-35-41-17-5-7-21-44(41)46-23-9-11-25-48(46)54)61-59-50-27-13-12-26-49(50)53(36-55(51)59)52-34-40-16-4-6-20-43(40)45-22-8-10-24-47(45)52/h1-37H. The third kappa shape index (κ3) is 5.60. The molecule has 11 aromatic carbocycles. The number of para-hydroxylation sites is 3. The Hall–Kier alpha value is -8.40. The zero-order valence-electron chi connectivity index (χ0n) is 34.2. The first kappa shape index (κ1) is 35.4. The Balaban J connectivity index is 1.10. The molecule has 0 fully saturated rings. The molecule has 0 saturated heterocycles. The molecule has 0 bridgehead atoms. The molecule has 2 heterocycles. The topological polar surface area (TPSA) is 30.7 Å². The lowest BCUT2D eigenvalue weighted by Gasteiger charge is -2.18. The number of pyridine rings is 1. The molecule has 2 aromatic heterocycles.